The standard InChI is InChI=1S/C12H9BrIN3S/c13-9-3-1-7(14)5-11(9)17-8-2-4-10(12(15)18)16-6-8/h1-6,17H,(H2,15,18). The van der Waals surface area contributed by atoms with Crippen molar-refractivity contribution in [1.29, 1.82) is 0 Å². The summed E-state index contributed by atoms with van der Waals surface area (Å²) >= 11 is 10.6. The summed E-state index contributed by atoms with van der Waals surface area (Å²) in [6, 6.07) is 9.78. The summed E-state index contributed by atoms with van der Waals surface area (Å²) in [6.45, 7) is 0. The Hall–Kier alpha value is -0.730. The molecule has 1 aromatic carbocycles. The first-order valence-corrected chi connectivity index (χ1v) is 7.32. The SMILES string of the molecule is NC(=S)c1ccc(Nc2cc(I)ccc2Br)cn1. The zero-order chi connectivity index (χ0) is 13.1. The lowest BCUT2D eigenvalue weighted by molar-refractivity contribution is 1.29. The number of benzene rings is 1. The number of pyridine rings is 1. The second-order valence-electron chi connectivity index (χ2n) is 3.55. The minimum Gasteiger partial charge on any atom is -0.388 e. The number of thiocarbonyl (C=S) groups is 1. The van der Waals surface area contributed by atoms with Crippen molar-refractivity contribution in [2.75, 3.05) is 5.32 Å². The molecule has 18 heavy (non-hydrogen) atoms. The number of aromatic nitrogens is 1. The van der Waals surface area contributed by atoms with Crippen LogP contribution in [0.2, 0.25) is 0 Å². The molecule has 0 amide bonds. The first kappa shape index (κ1) is 13.7. The predicted molar refractivity (Wildman–Crippen MR) is 90.3 cm³/mol. The molecule has 0 bridgehead atoms. The van der Waals surface area contributed by atoms with Gasteiger partial charge >= 0.3 is 0 Å². The lowest BCUT2D eigenvalue weighted by Crippen LogP contribution is -2.11. The highest BCUT2D eigenvalue weighted by Crippen LogP contribution is 2.27. The molecule has 0 unspecified atom stereocenters. The quantitative estimate of drug-likeness (QED) is 0.570. The third-order valence-corrected chi connectivity index (χ3v) is 3.79. The number of anilines is 2. The Morgan fingerprint density at radius 1 is 1.33 bits per heavy atom. The Balaban J connectivity index is 2.23. The molecule has 3 N–H and O–H groups in total. The van der Waals surface area contributed by atoms with Gasteiger partial charge < -0.3 is 11.1 Å². The topological polar surface area (TPSA) is 50.9 Å². The van der Waals surface area contributed by atoms with E-state index in [2.05, 4.69) is 48.8 Å². The minimum atomic E-state index is 0.303. The molecule has 0 radical (unpaired) electrons. The van der Waals surface area contributed by atoms with Crippen molar-refractivity contribution in [3.05, 3.63) is 50.3 Å². The normalized spacial score (nSPS) is 10.1. The summed E-state index contributed by atoms with van der Waals surface area (Å²) in [5.41, 5.74) is 8.00. The summed E-state index contributed by atoms with van der Waals surface area (Å²) in [5.74, 6) is 0. The molecule has 92 valence electrons. The van der Waals surface area contributed by atoms with Crippen molar-refractivity contribution in [2.24, 2.45) is 5.73 Å². The highest BCUT2D eigenvalue weighted by molar-refractivity contribution is 14.1. The third-order valence-electron chi connectivity index (χ3n) is 2.22. The largest absolute Gasteiger partial charge is 0.388 e. The van der Waals surface area contributed by atoms with E-state index in [-0.39, 0.29) is 0 Å². The maximum absolute atomic E-state index is 5.50. The van der Waals surface area contributed by atoms with Gasteiger partial charge in [-0.15, -0.1) is 0 Å². The van der Waals surface area contributed by atoms with Gasteiger partial charge in [-0.3, -0.25) is 4.98 Å². The Morgan fingerprint density at radius 3 is 2.72 bits per heavy atom. The first-order chi connectivity index (χ1) is 8.56. The van der Waals surface area contributed by atoms with Crippen LogP contribution in [0.15, 0.2) is 41.0 Å². The Morgan fingerprint density at radius 2 is 2.11 bits per heavy atom. The van der Waals surface area contributed by atoms with Gasteiger partial charge in [0, 0.05) is 8.04 Å². The number of nitrogens with one attached hydrogen (secondary N) is 1. The van der Waals surface area contributed by atoms with E-state index in [1.165, 1.54) is 0 Å². The van der Waals surface area contributed by atoms with E-state index in [4.69, 9.17) is 18.0 Å². The molecule has 0 aliphatic carbocycles. The molecule has 1 aromatic heterocycles. The first-order valence-electron chi connectivity index (χ1n) is 5.04. The fourth-order valence-electron chi connectivity index (χ4n) is 1.36. The van der Waals surface area contributed by atoms with Gasteiger partial charge in [-0.05, 0) is 68.9 Å². The van der Waals surface area contributed by atoms with Gasteiger partial charge in [-0.2, -0.15) is 0 Å². The molecule has 0 atom stereocenters. The van der Waals surface area contributed by atoms with Crippen LogP contribution in [0.25, 0.3) is 0 Å². The monoisotopic (exact) mass is 433 g/mol. The van der Waals surface area contributed by atoms with Gasteiger partial charge in [0.2, 0.25) is 0 Å². The van der Waals surface area contributed by atoms with E-state index in [0.29, 0.717) is 10.7 Å². The summed E-state index contributed by atoms with van der Waals surface area (Å²) in [7, 11) is 0. The summed E-state index contributed by atoms with van der Waals surface area (Å²) < 4.78 is 2.16. The van der Waals surface area contributed by atoms with Crippen LogP contribution < -0.4 is 11.1 Å². The second kappa shape index (κ2) is 5.94. The van der Waals surface area contributed by atoms with Gasteiger partial charge in [-0.1, -0.05) is 12.2 Å². The van der Waals surface area contributed by atoms with E-state index in [1.54, 1.807) is 12.3 Å². The summed E-state index contributed by atoms with van der Waals surface area (Å²) in [4.78, 5) is 4.48. The predicted octanol–water partition coefficient (Wildman–Crippen LogP) is 3.83. The van der Waals surface area contributed by atoms with E-state index in [1.807, 2.05) is 24.3 Å². The molecule has 0 saturated heterocycles. The smallest absolute Gasteiger partial charge is 0.122 e. The lowest BCUT2D eigenvalue weighted by atomic mass is 10.3. The Labute approximate surface area is 132 Å². The van der Waals surface area contributed by atoms with Crippen molar-refractivity contribution in [2.45, 2.75) is 0 Å². The second-order valence-corrected chi connectivity index (χ2v) is 6.09. The van der Waals surface area contributed by atoms with Crippen molar-refractivity contribution < 1.29 is 0 Å². The Bertz CT molecular complexity index is 586. The molecule has 2 aromatic rings. The maximum Gasteiger partial charge on any atom is 0.122 e. The number of nitrogens with zero attached hydrogens (tertiary/aromatic N) is 1. The van der Waals surface area contributed by atoms with Crippen molar-refractivity contribution in [3.63, 3.8) is 0 Å². The lowest BCUT2D eigenvalue weighted by Gasteiger charge is -2.09. The van der Waals surface area contributed by atoms with E-state index < -0.39 is 0 Å². The number of hydrogen-bond donors (Lipinski definition) is 2. The molecule has 0 aliphatic heterocycles. The highest BCUT2D eigenvalue weighted by atomic mass is 127. The van der Waals surface area contributed by atoms with Crippen LogP contribution in [-0.2, 0) is 0 Å². The molecule has 0 saturated carbocycles. The highest BCUT2D eigenvalue weighted by Gasteiger charge is 2.02. The van der Waals surface area contributed by atoms with Crippen LogP contribution in [0.3, 0.4) is 0 Å². The summed E-state index contributed by atoms with van der Waals surface area (Å²) in [6.07, 6.45) is 1.71. The summed E-state index contributed by atoms with van der Waals surface area (Å²) in [5, 5.41) is 3.28. The van der Waals surface area contributed by atoms with Gasteiger partial charge in [-0.25, -0.2) is 0 Å². The minimum absolute atomic E-state index is 0.303. The van der Waals surface area contributed by atoms with Crippen LogP contribution in [0.1, 0.15) is 5.69 Å². The fourth-order valence-corrected chi connectivity index (χ4v) is 2.32. The van der Waals surface area contributed by atoms with Gasteiger partial charge in [0.1, 0.15) is 4.99 Å². The average molecular weight is 434 g/mol. The van der Waals surface area contributed by atoms with Crippen LogP contribution in [-0.4, -0.2) is 9.97 Å². The molecule has 6 heteroatoms. The van der Waals surface area contributed by atoms with Crippen LogP contribution in [0.5, 0.6) is 0 Å². The van der Waals surface area contributed by atoms with Gasteiger partial charge in [0.15, 0.2) is 0 Å². The van der Waals surface area contributed by atoms with Gasteiger partial charge in [0.25, 0.3) is 0 Å². The average Bonchev–Trinajstić information content (AvgIpc) is 2.34. The molecular weight excluding hydrogens is 425 g/mol. The molecule has 1 heterocycles. The molecule has 2 rings (SSSR count). The Kier molecular flexibility index (Phi) is 4.52. The molecule has 0 spiro atoms. The van der Waals surface area contributed by atoms with Crippen molar-refractivity contribution in [3.8, 4) is 0 Å². The molecule has 3 nitrogen and oxygen atoms in total. The molecule has 0 fully saturated rings. The van der Waals surface area contributed by atoms with Gasteiger partial charge in [0.05, 0.1) is 23.3 Å². The van der Waals surface area contributed by atoms with E-state index >= 15 is 0 Å². The zero-order valence-corrected chi connectivity index (χ0v) is 13.7. The number of rotatable bonds is 3. The number of halogens is 2. The third kappa shape index (κ3) is 3.39. The molecular formula is C12H9BrIN3S. The van der Waals surface area contributed by atoms with E-state index in [0.717, 1.165) is 19.4 Å². The van der Waals surface area contributed by atoms with Crippen molar-refractivity contribution >= 4 is 67.1 Å². The number of nitrogens with two attached hydrogens (primary N) is 1. The number of hydrogen-bond acceptors (Lipinski definition) is 3. The molecule has 0 aliphatic rings. The van der Waals surface area contributed by atoms with Crippen LogP contribution in [0.4, 0.5) is 11.4 Å². The van der Waals surface area contributed by atoms with Crippen LogP contribution in [0, 0.1) is 3.57 Å². The zero-order valence-electron chi connectivity index (χ0n) is 9.15. The maximum atomic E-state index is 5.50. The van der Waals surface area contributed by atoms with Crippen molar-refractivity contribution in [1.82, 2.24) is 4.98 Å². The van der Waals surface area contributed by atoms with E-state index in [9.17, 15) is 0 Å². The fraction of sp³-hybridized carbons (Fsp3) is 0. The van der Waals surface area contributed by atoms with Crippen LogP contribution >= 0.6 is 50.7 Å².